The Bertz CT molecular complexity index is 468. The van der Waals surface area contributed by atoms with E-state index in [-0.39, 0.29) is 10.4 Å². The first kappa shape index (κ1) is 11.7. The Morgan fingerprint density at radius 2 is 2.13 bits per heavy atom. The van der Waals surface area contributed by atoms with Crippen LogP contribution >= 0.6 is 11.3 Å². The minimum absolute atomic E-state index is 0.0422. The van der Waals surface area contributed by atoms with E-state index in [0.29, 0.717) is 6.54 Å². The van der Waals surface area contributed by atoms with Gasteiger partial charge in [-0.3, -0.25) is 9.36 Å². The summed E-state index contributed by atoms with van der Waals surface area (Å²) in [6, 6.07) is 0. The van der Waals surface area contributed by atoms with Crippen molar-refractivity contribution in [2.75, 3.05) is 0 Å². The molecule has 1 N–H and O–H groups in total. The number of hydrogen-bond acceptors (Lipinski definition) is 3. The second-order valence-electron chi connectivity index (χ2n) is 3.31. The largest absolute Gasteiger partial charge is 0.478 e. The van der Waals surface area contributed by atoms with E-state index in [1.165, 1.54) is 18.3 Å². The summed E-state index contributed by atoms with van der Waals surface area (Å²) in [4.78, 5) is 22.9. The van der Waals surface area contributed by atoms with Gasteiger partial charge in [0.25, 0.3) is 0 Å². The van der Waals surface area contributed by atoms with Gasteiger partial charge in [-0.1, -0.05) is 17.4 Å². The third-order valence-electron chi connectivity index (χ3n) is 2.29. The van der Waals surface area contributed by atoms with Gasteiger partial charge in [-0.2, -0.15) is 0 Å². The van der Waals surface area contributed by atoms with E-state index in [2.05, 4.69) is 0 Å². The molecule has 5 heteroatoms. The number of carbonyl (C=O) groups is 1. The van der Waals surface area contributed by atoms with Crippen molar-refractivity contribution in [3.63, 3.8) is 0 Å². The lowest BCUT2D eigenvalue weighted by Crippen LogP contribution is -2.14. The Balaban J connectivity index is 2.96. The van der Waals surface area contributed by atoms with E-state index in [1.54, 1.807) is 10.6 Å². The maximum Gasteiger partial charge on any atom is 0.331 e. The molecule has 1 aromatic heterocycles. The second-order valence-corrected chi connectivity index (χ2v) is 4.48. The van der Waals surface area contributed by atoms with Crippen molar-refractivity contribution >= 4 is 17.3 Å². The molecule has 0 radical (unpaired) electrons. The maximum atomic E-state index is 11.4. The lowest BCUT2D eigenvalue weighted by molar-refractivity contribution is -0.132. The summed E-state index contributed by atoms with van der Waals surface area (Å²) < 4.78 is 1.58. The highest BCUT2D eigenvalue weighted by Gasteiger charge is 2.06. The minimum atomic E-state index is -0.951. The first-order chi connectivity index (χ1) is 6.93. The number of hydrogen-bond donors (Lipinski definition) is 1. The first-order valence-corrected chi connectivity index (χ1v) is 5.32. The molecule has 0 saturated carbocycles. The van der Waals surface area contributed by atoms with Gasteiger partial charge in [0, 0.05) is 22.7 Å². The molecule has 0 unspecified atom stereocenters. The van der Waals surface area contributed by atoms with Gasteiger partial charge >= 0.3 is 10.8 Å². The number of allylic oxidation sites excluding steroid dienone is 1. The fourth-order valence-electron chi connectivity index (χ4n) is 1.11. The third-order valence-corrected chi connectivity index (χ3v) is 3.29. The lowest BCUT2D eigenvalue weighted by atomic mass is 10.3. The molecular weight excluding hydrogens is 214 g/mol. The summed E-state index contributed by atoms with van der Waals surface area (Å²) in [7, 11) is 0. The molecule has 0 atom stereocenters. The Kier molecular flexibility index (Phi) is 3.47. The number of carboxylic acid groups (broad SMARTS) is 1. The van der Waals surface area contributed by atoms with Crippen molar-refractivity contribution in [2.45, 2.75) is 27.3 Å². The van der Waals surface area contributed by atoms with E-state index in [0.717, 1.165) is 10.6 Å². The highest BCUT2D eigenvalue weighted by atomic mass is 32.1. The van der Waals surface area contributed by atoms with Crippen molar-refractivity contribution in [1.29, 1.82) is 0 Å². The van der Waals surface area contributed by atoms with Crippen LogP contribution in [0.4, 0.5) is 0 Å². The van der Waals surface area contributed by atoms with Crippen molar-refractivity contribution < 1.29 is 9.90 Å². The molecule has 0 aliphatic carbocycles. The zero-order chi connectivity index (χ0) is 11.6. The van der Waals surface area contributed by atoms with E-state index < -0.39 is 5.97 Å². The predicted molar refractivity (Wildman–Crippen MR) is 59.4 cm³/mol. The normalized spacial score (nSPS) is 11.8. The number of rotatable bonds is 3. The molecule has 1 heterocycles. The smallest absolute Gasteiger partial charge is 0.331 e. The van der Waals surface area contributed by atoms with Crippen LogP contribution in [0.5, 0.6) is 0 Å². The molecule has 0 aliphatic rings. The predicted octanol–water partition coefficient (Wildman–Crippen LogP) is 1.56. The Labute approximate surface area is 91.5 Å². The quantitative estimate of drug-likeness (QED) is 0.797. The zero-order valence-corrected chi connectivity index (χ0v) is 9.72. The Hall–Kier alpha value is -1.36. The second kappa shape index (κ2) is 4.44. The van der Waals surface area contributed by atoms with E-state index >= 15 is 0 Å². The molecule has 0 saturated heterocycles. The molecule has 0 aromatic carbocycles. The van der Waals surface area contributed by atoms with Gasteiger partial charge in [0.05, 0.1) is 0 Å². The van der Waals surface area contributed by atoms with Gasteiger partial charge in [-0.05, 0) is 20.8 Å². The molecule has 4 nitrogen and oxygen atoms in total. The highest BCUT2D eigenvalue weighted by molar-refractivity contribution is 7.09. The maximum absolute atomic E-state index is 11.4. The Morgan fingerprint density at radius 3 is 2.53 bits per heavy atom. The first-order valence-electron chi connectivity index (χ1n) is 4.50. The van der Waals surface area contributed by atoms with Gasteiger partial charge in [0.15, 0.2) is 0 Å². The zero-order valence-electron chi connectivity index (χ0n) is 8.90. The molecular formula is C10H13NO3S. The molecule has 82 valence electrons. The average Bonchev–Trinajstić information content (AvgIpc) is 2.38. The van der Waals surface area contributed by atoms with E-state index in [4.69, 9.17) is 5.11 Å². The van der Waals surface area contributed by atoms with Crippen molar-refractivity contribution in [2.24, 2.45) is 0 Å². The number of aliphatic carboxylic acids is 1. The van der Waals surface area contributed by atoms with Crippen LogP contribution in [0.2, 0.25) is 0 Å². The molecule has 0 amide bonds. The molecule has 0 bridgehead atoms. The molecule has 1 rings (SSSR count). The molecule has 0 fully saturated rings. The van der Waals surface area contributed by atoms with Crippen LogP contribution in [0, 0.1) is 13.8 Å². The van der Waals surface area contributed by atoms with E-state index in [1.807, 2.05) is 13.8 Å². The summed E-state index contributed by atoms with van der Waals surface area (Å²) >= 11 is 1.19. The van der Waals surface area contributed by atoms with Crippen LogP contribution in [0.15, 0.2) is 16.4 Å². The van der Waals surface area contributed by atoms with Crippen LogP contribution in [0.3, 0.4) is 0 Å². The van der Waals surface area contributed by atoms with Crippen molar-refractivity contribution in [3.8, 4) is 0 Å². The average molecular weight is 227 g/mol. The molecule has 0 aliphatic heterocycles. The number of carboxylic acids is 1. The highest BCUT2D eigenvalue weighted by Crippen LogP contribution is 2.09. The molecule has 1 aromatic rings. The van der Waals surface area contributed by atoms with Crippen LogP contribution < -0.4 is 4.87 Å². The molecule has 0 spiro atoms. The Morgan fingerprint density at radius 1 is 1.53 bits per heavy atom. The summed E-state index contributed by atoms with van der Waals surface area (Å²) in [6.07, 6.45) is 1.54. The van der Waals surface area contributed by atoms with Gasteiger partial charge < -0.3 is 5.11 Å². The summed E-state index contributed by atoms with van der Waals surface area (Å²) in [5.41, 5.74) is 1.16. The number of aryl methyl sites for hydroxylation is 1. The summed E-state index contributed by atoms with van der Waals surface area (Å²) in [6.45, 7) is 5.58. The topological polar surface area (TPSA) is 59.3 Å². The number of aromatic nitrogens is 1. The fourth-order valence-corrected chi connectivity index (χ4v) is 1.96. The van der Waals surface area contributed by atoms with Crippen LogP contribution in [-0.4, -0.2) is 15.6 Å². The van der Waals surface area contributed by atoms with Gasteiger partial charge in [-0.25, -0.2) is 4.79 Å². The fraction of sp³-hybridized carbons (Fsp3) is 0.400. The van der Waals surface area contributed by atoms with Gasteiger partial charge in [-0.15, -0.1) is 0 Å². The summed E-state index contributed by atoms with van der Waals surface area (Å²) in [5.74, 6) is -0.951. The SMILES string of the molecule is CC(=CCn1c(C)c(C)sc1=O)C(=O)O. The minimum Gasteiger partial charge on any atom is -0.478 e. The monoisotopic (exact) mass is 227 g/mol. The third kappa shape index (κ3) is 2.56. The molecule has 15 heavy (non-hydrogen) atoms. The summed E-state index contributed by atoms with van der Waals surface area (Å²) in [5, 5.41) is 8.65. The van der Waals surface area contributed by atoms with Gasteiger partial charge in [0.2, 0.25) is 0 Å². The lowest BCUT2D eigenvalue weighted by Gasteiger charge is -2.00. The standard InChI is InChI=1S/C10H13NO3S/c1-6(9(12)13)4-5-11-7(2)8(3)15-10(11)14/h4H,5H2,1-3H3,(H,12,13). The van der Waals surface area contributed by atoms with Crippen LogP contribution in [0.1, 0.15) is 17.5 Å². The number of nitrogens with zero attached hydrogens (tertiary/aromatic N) is 1. The van der Waals surface area contributed by atoms with Crippen molar-refractivity contribution in [3.05, 3.63) is 31.9 Å². The van der Waals surface area contributed by atoms with E-state index in [9.17, 15) is 9.59 Å². The van der Waals surface area contributed by atoms with Crippen LogP contribution in [-0.2, 0) is 11.3 Å². The van der Waals surface area contributed by atoms with Crippen molar-refractivity contribution in [1.82, 2.24) is 4.57 Å². The number of thiazole rings is 1. The van der Waals surface area contributed by atoms with Crippen LogP contribution in [0.25, 0.3) is 0 Å². The van der Waals surface area contributed by atoms with Gasteiger partial charge in [0.1, 0.15) is 0 Å².